The highest BCUT2D eigenvalue weighted by molar-refractivity contribution is 5.37. The van der Waals surface area contributed by atoms with Crippen LogP contribution >= 0.6 is 0 Å². The molecule has 10 heteroatoms. The van der Waals surface area contributed by atoms with Crippen LogP contribution in [0, 0.1) is 46.5 Å². The first kappa shape index (κ1) is 28.0. The Hall–Kier alpha value is -3.03. The quantitative estimate of drug-likeness (QED) is 0.258. The van der Waals surface area contributed by atoms with E-state index in [9.17, 15) is 26.3 Å². The van der Waals surface area contributed by atoms with Crippen LogP contribution in [0.25, 0.3) is 0 Å². The molecule has 2 fully saturated rings. The maximum Gasteiger partial charge on any atom is 0.432 e. The zero-order chi connectivity index (χ0) is 27.3. The van der Waals surface area contributed by atoms with Gasteiger partial charge in [0.1, 0.15) is 34.8 Å². The number of hydrogen-bond donors (Lipinski definition) is 0. The molecule has 0 aromatic heterocycles. The average molecular weight is 540 g/mol. The van der Waals surface area contributed by atoms with Gasteiger partial charge in [-0.3, -0.25) is 4.39 Å². The number of ether oxygens (including phenoxy) is 3. The molecule has 4 rings (SSSR count). The minimum Gasteiger partial charge on any atom is -0.429 e. The molecule has 0 bridgehead atoms. The number of hydrogen-bond acceptors (Lipinski definition) is 4. The van der Waals surface area contributed by atoms with E-state index in [4.69, 9.17) is 14.7 Å². The molecule has 4 nitrogen and oxygen atoms in total. The maximum absolute atomic E-state index is 14.7. The van der Waals surface area contributed by atoms with Gasteiger partial charge in [0.15, 0.2) is 6.29 Å². The molecule has 0 spiro atoms. The Morgan fingerprint density at radius 1 is 0.947 bits per heavy atom. The van der Waals surface area contributed by atoms with Crippen molar-refractivity contribution in [3.05, 3.63) is 76.6 Å². The summed E-state index contributed by atoms with van der Waals surface area (Å²) in [5, 5.41) is 8.74. The Labute approximate surface area is 216 Å². The number of benzene rings is 2. The predicted molar refractivity (Wildman–Crippen MR) is 125 cm³/mol. The first-order valence-corrected chi connectivity index (χ1v) is 12.4. The van der Waals surface area contributed by atoms with Gasteiger partial charge in [0.25, 0.3) is 0 Å². The monoisotopic (exact) mass is 539 g/mol. The van der Waals surface area contributed by atoms with Crippen molar-refractivity contribution >= 4 is 0 Å². The molecular formula is C28H27F6NO3. The van der Waals surface area contributed by atoms with Gasteiger partial charge in [-0.1, -0.05) is 12.2 Å². The van der Waals surface area contributed by atoms with E-state index < -0.39 is 46.7 Å². The largest absolute Gasteiger partial charge is 0.432 e. The maximum atomic E-state index is 14.7. The summed E-state index contributed by atoms with van der Waals surface area (Å²) in [7, 11) is 0. The van der Waals surface area contributed by atoms with Crippen molar-refractivity contribution in [2.24, 2.45) is 17.8 Å². The highest BCUT2D eigenvalue weighted by Gasteiger charge is 2.42. The van der Waals surface area contributed by atoms with E-state index >= 15 is 0 Å². The number of nitriles is 1. The molecule has 0 amide bonds. The van der Waals surface area contributed by atoms with Crippen LogP contribution in [0.2, 0.25) is 0 Å². The van der Waals surface area contributed by atoms with E-state index in [2.05, 4.69) is 10.8 Å². The molecule has 1 aliphatic carbocycles. The van der Waals surface area contributed by atoms with E-state index in [1.165, 1.54) is 6.07 Å². The predicted octanol–water partition coefficient (Wildman–Crippen LogP) is 7.49. The standard InChI is InChI=1S/C28H27F6NO3/c29-10-2-1-3-17-4-6-18(7-5-17)21-15-36-27(37-16-21)20-11-24(31)26(25(32)12-20)28(33,34)38-22-9-8-19(14-35)23(30)13-22/h1,3,8-9,11-13,17-18,21,27H,2,4-7,10,15-16H2/b3-1+. The van der Waals surface area contributed by atoms with Crippen LogP contribution in [0.5, 0.6) is 5.75 Å². The molecule has 0 atom stereocenters. The van der Waals surface area contributed by atoms with Gasteiger partial charge >= 0.3 is 6.11 Å². The van der Waals surface area contributed by atoms with Crippen LogP contribution < -0.4 is 4.74 Å². The van der Waals surface area contributed by atoms with Crippen molar-refractivity contribution in [3.63, 3.8) is 0 Å². The fourth-order valence-corrected chi connectivity index (χ4v) is 5.00. The van der Waals surface area contributed by atoms with Gasteiger partial charge in [-0.2, -0.15) is 14.0 Å². The normalized spacial score (nSPS) is 24.3. The van der Waals surface area contributed by atoms with E-state index in [-0.39, 0.29) is 18.2 Å². The Morgan fingerprint density at radius 3 is 2.18 bits per heavy atom. The summed E-state index contributed by atoms with van der Waals surface area (Å²) in [5.41, 5.74) is -2.13. The third-order valence-corrected chi connectivity index (χ3v) is 7.03. The van der Waals surface area contributed by atoms with Crippen molar-refractivity contribution < 1.29 is 40.6 Å². The molecule has 1 saturated heterocycles. The summed E-state index contributed by atoms with van der Waals surface area (Å²) in [4.78, 5) is 0. The number of halogens is 6. The molecule has 38 heavy (non-hydrogen) atoms. The minimum atomic E-state index is -4.47. The number of nitrogens with zero attached hydrogens (tertiary/aromatic N) is 1. The van der Waals surface area contributed by atoms with Crippen LogP contribution in [0.4, 0.5) is 26.3 Å². The Kier molecular flexibility index (Phi) is 9.00. The van der Waals surface area contributed by atoms with Gasteiger partial charge < -0.3 is 14.2 Å². The van der Waals surface area contributed by atoms with Gasteiger partial charge in [-0.25, -0.2) is 13.2 Å². The molecule has 2 aliphatic rings. The van der Waals surface area contributed by atoms with E-state index in [1.54, 1.807) is 0 Å². The van der Waals surface area contributed by atoms with Crippen molar-refractivity contribution in [1.82, 2.24) is 0 Å². The molecule has 204 valence electrons. The summed E-state index contributed by atoms with van der Waals surface area (Å²) in [6.45, 7) is 0.231. The molecule has 0 N–H and O–H groups in total. The van der Waals surface area contributed by atoms with Crippen molar-refractivity contribution in [3.8, 4) is 11.8 Å². The minimum absolute atomic E-state index is 0.0934. The van der Waals surface area contributed by atoms with Crippen molar-refractivity contribution in [2.45, 2.75) is 44.5 Å². The lowest BCUT2D eigenvalue weighted by molar-refractivity contribution is -0.215. The van der Waals surface area contributed by atoms with Crippen LogP contribution in [-0.4, -0.2) is 19.9 Å². The summed E-state index contributed by atoms with van der Waals surface area (Å²) >= 11 is 0. The summed E-state index contributed by atoms with van der Waals surface area (Å²) in [6.07, 6.45) is 2.68. The lowest BCUT2D eigenvalue weighted by atomic mass is 9.76. The third kappa shape index (κ3) is 6.51. The fourth-order valence-electron chi connectivity index (χ4n) is 5.00. The lowest BCUT2D eigenvalue weighted by Crippen LogP contribution is -2.34. The van der Waals surface area contributed by atoms with E-state index in [0.717, 1.165) is 37.8 Å². The van der Waals surface area contributed by atoms with Gasteiger partial charge in [-0.05, 0) is 68.2 Å². The van der Waals surface area contributed by atoms with Crippen LogP contribution in [-0.2, 0) is 15.6 Å². The lowest BCUT2D eigenvalue weighted by Gasteiger charge is -2.37. The van der Waals surface area contributed by atoms with Crippen LogP contribution in [0.1, 0.15) is 55.1 Å². The Bertz CT molecular complexity index is 1160. The molecule has 1 saturated carbocycles. The van der Waals surface area contributed by atoms with Gasteiger partial charge in [-0.15, -0.1) is 0 Å². The SMILES string of the molecule is N#Cc1ccc(OC(F)(F)c2c(F)cc(C3OCC(C4CCC(/C=C/CCF)CC4)CO3)cc2F)cc1F. The fraction of sp³-hybridized carbons (Fsp3) is 0.464. The highest BCUT2D eigenvalue weighted by atomic mass is 19.3. The van der Waals surface area contributed by atoms with Gasteiger partial charge in [0.05, 0.1) is 25.5 Å². The zero-order valence-electron chi connectivity index (χ0n) is 20.4. The van der Waals surface area contributed by atoms with Crippen LogP contribution in [0.3, 0.4) is 0 Å². The molecule has 1 heterocycles. The second-order valence-electron chi connectivity index (χ2n) is 9.57. The molecule has 2 aromatic carbocycles. The summed E-state index contributed by atoms with van der Waals surface area (Å²) in [6, 6.07) is 5.29. The van der Waals surface area contributed by atoms with E-state index in [0.29, 0.717) is 49.7 Å². The second kappa shape index (κ2) is 12.2. The molecule has 0 unspecified atom stereocenters. The van der Waals surface area contributed by atoms with Gasteiger partial charge in [0.2, 0.25) is 0 Å². The van der Waals surface area contributed by atoms with E-state index in [1.807, 2.05) is 6.08 Å². The first-order valence-electron chi connectivity index (χ1n) is 12.4. The molecule has 2 aromatic rings. The number of alkyl halides is 3. The Balaban J connectivity index is 1.37. The highest BCUT2D eigenvalue weighted by Crippen LogP contribution is 2.40. The molecule has 0 radical (unpaired) electrons. The topological polar surface area (TPSA) is 51.5 Å². The Morgan fingerprint density at radius 2 is 1.61 bits per heavy atom. The van der Waals surface area contributed by atoms with Crippen molar-refractivity contribution in [2.75, 3.05) is 19.9 Å². The summed E-state index contributed by atoms with van der Waals surface area (Å²) < 4.78 is 101. The molecular weight excluding hydrogens is 512 g/mol. The summed E-state index contributed by atoms with van der Waals surface area (Å²) in [5.74, 6) is -4.08. The smallest absolute Gasteiger partial charge is 0.429 e. The van der Waals surface area contributed by atoms with Crippen molar-refractivity contribution in [1.29, 1.82) is 5.26 Å². The third-order valence-electron chi connectivity index (χ3n) is 7.03. The second-order valence-corrected chi connectivity index (χ2v) is 9.57. The molecule has 1 aliphatic heterocycles. The van der Waals surface area contributed by atoms with Crippen LogP contribution in [0.15, 0.2) is 42.5 Å². The number of allylic oxidation sites excluding steroid dienone is 2. The van der Waals surface area contributed by atoms with Gasteiger partial charge in [0, 0.05) is 17.5 Å². The first-order chi connectivity index (χ1) is 18.2. The average Bonchev–Trinajstić information content (AvgIpc) is 2.88. The number of rotatable bonds is 8. The zero-order valence-corrected chi connectivity index (χ0v) is 20.4.